The summed E-state index contributed by atoms with van der Waals surface area (Å²) in [6.07, 6.45) is 0. The molecule has 2 aromatic carbocycles. The van der Waals surface area contributed by atoms with Crippen LogP contribution in [-0.2, 0) is 6.54 Å². The van der Waals surface area contributed by atoms with E-state index in [9.17, 15) is 0 Å². The Labute approximate surface area is 125 Å². The van der Waals surface area contributed by atoms with Gasteiger partial charge in [-0.25, -0.2) is 4.98 Å². The molecule has 0 aliphatic carbocycles. The van der Waals surface area contributed by atoms with Gasteiger partial charge in [0.1, 0.15) is 5.01 Å². The van der Waals surface area contributed by atoms with Crippen LogP contribution >= 0.6 is 34.5 Å². The van der Waals surface area contributed by atoms with Crippen molar-refractivity contribution in [1.82, 2.24) is 4.98 Å². The first kappa shape index (κ1) is 12.7. The number of fused-ring (bicyclic) bond motifs is 1. The van der Waals surface area contributed by atoms with Gasteiger partial charge in [-0.15, -0.1) is 11.3 Å². The summed E-state index contributed by atoms with van der Waals surface area (Å²) in [4.78, 5) is 4.56. The molecule has 0 aliphatic rings. The molecule has 1 aromatic heterocycles. The lowest BCUT2D eigenvalue weighted by Crippen LogP contribution is -1.99. The summed E-state index contributed by atoms with van der Waals surface area (Å²) in [7, 11) is 0. The molecule has 19 heavy (non-hydrogen) atoms. The minimum absolute atomic E-state index is 0.638. The van der Waals surface area contributed by atoms with E-state index >= 15 is 0 Å². The summed E-state index contributed by atoms with van der Waals surface area (Å²) in [5.41, 5.74) is 1.86. The van der Waals surface area contributed by atoms with Crippen LogP contribution in [0.5, 0.6) is 0 Å². The number of hydrogen-bond acceptors (Lipinski definition) is 3. The summed E-state index contributed by atoms with van der Waals surface area (Å²) in [5, 5.41) is 5.61. The normalized spacial score (nSPS) is 10.8. The molecule has 0 radical (unpaired) electrons. The molecule has 96 valence electrons. The summed E-state index contributed by atoms with van der Waals surface area (Å²) in [6, 6.07) is 13.5. The SMILES string of the molecule is Clc1ccc(Cl)c(NCc2nc3ccccc3s2)c1. The number of nitrogens with one attached hydrogen (secondary N) is 1. The summed E-state index contributed by atoms with van der Waals surface area (Å²) in [5.74, 6) is 0. The van der Waals surface area contributed by atoms with Gasteiger partial charge in [0, 0.05) is 5.02 Å². The van der Waals surface area contributed by atoms with Crippen molar-refractivity contribution in [3.8, 4) is 0 Å². The van der Waals surface area contributed by atoms with Gasteiger partial charge in [0.2, 0.25) is 0 Å². The van der Waals surface area contributed by atoms with Gasteiger partial charge in [0.15, 0.2) is 0 Å². The number of aromatic nitrogens is 1. The van der Waals surface area contributed by atoms with Crippen LogP contribution in [-0.4, -0.2) is 4.98 Å². The van der Waals surface area contributed by atoms with Crippen LogP contribution in [0.3, 0.4) is 0 Å². The van der Waals surface area contributed by atoms with E-state index in [1.54, 1.807) is 23.5 Å². The lowest BCUT2D eigenvalue weighted by atomic mass is 10.3. The van der Waals surface area contributed by atoms with Crippen molar-refractivity contribution in [1.29, 1.82) is 0 Å². The average Bonchev–Trinajstić information content (AvgIpc) is 2.82. The van der Waals surface area contributed by atoms with Gasteiger partial charge in [-0.05, 0) is 30.3 Å². The Hall–Kier alpha value is -1.29. The minimum atomic E-state index is 0.638. The Morgan fingerprint density at radius 1 is 1.11 bits per heavy atom. The molecule has 0 saturated heterocycles. The molecule has 1 N–H and O–H groups in total. The largest absolute Gasteiger partial charge is 0.377 e. The number of rotatable bonds is 3. The van der Waals surface area contributed by atoms with E-state index in [1.807, 2.05) is 24.3 Å². The third-order valence-corrected chi connectivity index (χ3v) is 4.30. The zero-order valence-corrected chi connectivity index (χ0v) is 12.2. The first-order valence-corrected chi connectivity index (χ1v) is 7.33. The quantitative estimate of drug-likeness (QED) is 0.718. The Balaban J connectivity index is 1.80. The van der Waals surface area contributed by atoms with Crippen molar-refractivity contribution in [2.45, 2.75) is 6.54 Å². The van der Waals surface area contributed by atoms with E-state index in [4.69, 9.17) is 23.2 Å². The van der Waals surface area contributed by atoms with Crippen molar-refractivity contribution in [3.05, 3.63) is 57.5 Å². The van der Waals surface area contributed by atoms with Gasteiger partial charge in [0.25, 0.3) is 0 Å². The Morgan fingerprint density at radius 3 is 2.79 bits per heavy atom. The molecule has 5 heteroatoms. The predicted octanol–water partition coefficient (Wildman–Crippen LogP) is 5.22. The predicted molar refractivity (Wildman–Crippen MR) is 83.4 cm³/mol. The molecule has 3 rings (SSSR count). The maximum Gasteiger partial charge on any atom is 0.113 e. The fourth-order valence-corrected chi connectivity index (χ4v) is 3.06. The minimum Gasteiger partial charge on any atom is -0.377 e. The van der Waals surface area contributed by atoms with Crippen LogP contribution in [0.15, 0.2) is 42.5 Å². The fraction of sp³-hybridized carbons (Fsp3) is 0.0714. The second-order valence-corrected chi connectivity index (χ2v) is 6.01. The number of para-hydroxylation sites is 1. The van der Waals surface area contributed by atoms with Crippen LogP contribution in [0.1, 0.15) is 5.01 Å². The number of benzene rings is 2. The highest BCUT2D eigenvalue weighted by Gasteiger charge is 2.05. The van der Waals surface area contributed by atoms with E-state index in [0.29, 0.717) is 16.6 Å². The molecule has 2 nitrogen and oxygen atoms in total. The van der Waals surface area contributed by atoms with Crippen molar-refractivity contribution in [2.75, 3.05) is 5.32 Å². The molecular formula is C14H10Cl2N2S. The summed E-state index contributed by atoms with van der Waals surface area (Å²) >= 11 is 13.7. The lowest BCUT2D eigenvalue weighted by molar-refractivity contribution is 1.12. The average molecular weight is 309 g/mol. The van der Waals surface area contributed by atoms with Crippen LogP contribution < -0.4 is 5.32 Å². The van der Waals surface area contributed by atoms with E-state index in [0.717, 1.165) is 16.2 Å². The van der Waals surface area contributed by atoms with Gasteiger partial charge in [-0.1, -0.05) is 35.3 Å². The second-order valence-electron chi connectivity index (χ2n) is 4.05. The lowest BCUT2D eigenvalue weighted by Gasteiger charge is -2.06. The fourth-order valence-electron chi connectivity index (χ4n) is 1.80. The number of anilines is 1. The maximum absolute atomic E-state index is 6.10. The number of thiazole rings is 1. The second kappa shape index (κ2) is 5.37. The Bertz CT molecular complexity index is 691. The molecule has 0 saturated carbocycles. The molecule has 0 aliphatic heterocycles. The van der Waals surface area contributed by atoms with Crippen molar-refractivity contribution in [3.63, 3.8) is 0 Å². The molecule has 0 bridgehead atoms. The zero-order valence-electron chi connectivity index (χ0n) is 9.86. The third kappa shape index (κ3) is 2.84. The monoisotopic (exact) mass is 308 g/mol. The molecule has 1 heterocycles. The van der Waals surface area contributed by atoms with Crippen LogP contribution in [0.25, 0.3) is 10.2 Å². The summed E-state index contributed by atoms with van der Waals surface area (Å²) in [6.45, 7) is 0.638. The van der Waals surface area contributed by atoms with Crippen molar-refractivity contribution < 1.29 is 0 Å². The molecule has 0 atom stereocenters. The van der Waals surface area contributed by atoms with Gasteiger partial charge in [-0.2, -0.15) is 0 Å². The Morgan fingerprint density at radius 2 is 1.95 bits per heavy atom. The smallest absolute Gasteiger partial charge is 0.113 e. The van der Waals surface area contributed by atoms with Crippen LogP contribution in [0, 0.1) is 0 Å². The highest BCUT2D eigenvalue weighted by molar-refractivity contribution is 7.18. The van der Waals surface area contributed by atoms with Gasteiger partial charge >= 0.3 is 0 Å². The van der Waals surface area contributed by atoms with Gasteiger partial charge in [0.05, 0.1) is 27.5 Å². The third-order valence-electron chi connectivity index (χ3n) is 2.70. The molecule has 0 spiro atoms. The highest BCUT2D eigenvalue weighted by Crippen LogP contribution is 2.27. The van der Waals surface area contributed by atoms with Gasteiger partial charge < -0.3 is 5.32 Å². The first-order valence-electron chi connectivity index (χ1n) is 5.76. The van der Waals surface area contributed by atoms with E-state index in [1.165, 1.54) is 4.70 Å². The number of nitrogens with zero attached hydrogens (tertiary/aromatic N) is 1. The topological polar surface area (TPSA) is 24.9 Å². The first-order chi connectivity index (χ1) is 9.22. The van der Waals surface area contributed by atoms with Crippen LogP contribution in [0.4, 0.5) is 5.69 Å². The molecule has 0 unspecified atom stereocenters. The maximum atomic E-state index is 6.10. The van der Waals surface area contributed by atoms with Crippen LogP contribution in [0.2, 0.25) is 10.0 Å². The van der Waals surface area contributed by atoms with E-state index < -0.39 is 0 Å². The molecule has 3 aromatic rings. The molecule has 0 amide bonds. The Kier molecular flexibility index (Phi) is 3.60. The van der Waals surface area contributed by atoms with Crippen molar-refractivity contribution in [2.24, 2.45) is 0 Å². The van der Waals surface area contributed by atoms with E-state index in [-0.39, 0.29) is 0 Å². The number of hydrogen-bond donors (Lipinski definition) is 1. The highest BCUT2D eigenvalue weighted by atomic mass is 35.5. The number of halogens is 2. The van der Waals surface area contributed by atoms with E-state index in [2.05, 4.69) is 16.4 Å². The molecule has 0 fully saturated rings. The molecular weight excluding hydrogens is 299 g/mol. The van der Waals surface area contributed by atoms with Crippen molar-refractivity contribution >= 4 is 50.4 Å². The van der Waals surface area contributed by atoms with Gasteiger partial charge in [-0.3, -0.25) is 0 Å². The summed E-state index contributed by atoms with van der Waals surface area (Å²) < 4.78 is 1.19. The zero-order chi connectivity index (χ0) is 13.2. The standard InChI is InChI=1S/C14H10Cl2N2S/c15-9-5-6-10(16)12(7-9)17-8-14-18-11-3-1-2-4-13(11)19-14/h1-7,17H,8H2.